The van der Waals surface area contributed by atoms with Crippen molar-refractivity contribution in [1.29, 1.82) is 0 Å². The summed E-state index contributed by atoms with van der Waals surface area (Å²) in [4.78, 5) is 13.0. The van der Waals surface area contributed by atoms with Gasteiger partial charge >= 0.3 is 0 Å². The third-order valence-electron chi connectivity index (χ3n) is 2.62. The molecule has 86 valence electrons. The summed E-state index contributed by atoms with van der Waals surface area (Å²) in [5.41, 5.74) is -3.04. The summed E-state index contributed by atoms with van der Waals surface area (Å²) in [5.74, 6) is -1.26. The summed E-state index contributed by atoms with van der Waals surface area (Å²) in [6, 6.07) is -2.86. The second-order valence-corrected chi connectivity index (χ2v) is 3.90. The molecule has 0 amide bonds. The predicted octanol–water partition coefficient (Wildman–Crippen LogP) is 2.90. The number of carbonyl (C=O) groups excluding carboxylic acids is 1. The molecule has 3 heteroatoms. The molecule has 0 saturated heterocycles. The summed E-state index contributed by atoms with van der Waals surface area (Å²) in [6.45, 7) is -3.15. The lowest BCUT2D eigenvalue weighted by molar-refractivity contribution is -0.127. The highest BCUT2D eigenvalue weighted by molar-refractivity contribution is 6.31. The summed E-state index contributed by atoms with van der Waals surface area (Å²) in [7, 11) is 0. The Hall–Kier alpha value is -0.860. The molecule has 1 aliphatic rings. The van der Waals surface area contributed by atoms with E-state index in [4.69, 9.17) is 25.3 Å². The van der Waals surface area contributed by atoms with E-state index in [0.29, 0.717) is 0 Å². The molecule has 1 aromatic rings. The molecule has 1 aliphatic carbocycles. The zero-order chi connectivity index (χ0) is 20.2. The first-order chi connectivity index (χ1) is 11.7. The average molecular weight is 248 g/mol. The molecule has 0 bridgehead atoms. The number of nitrogens with one attached hydrogen (secondary N) is 1. The highest BCUT2D eigenvalue weighted by Gasteiger charge is 2.40. The molecule has 0 heterocycles. The van der Waals surface area contributed by atoms with E-state index in [1.165, 1.54) is 0 Å². The summed E-state index contributed by atoms with van der Waals surface area (Å²) in [5, 5.41) is -0.648. The van der Waals surface area contributed by atoms with E-state index in [1.807, 2.05) is 0 Å². The third kappa shape index (κ3) is 1.76. The molecular formula is C13H16ClNO. The number of hydrogen-bond acceptors (Lipinski definition) is 2. The lowest BCUT2D eigenvalue weighted by atomic mass is 9.75. The summed E-state index contributed by atoms with van der Waals surface area (Å²) >= 11 is 6.07. The van der Waals surface area contributed by atoms with Crippen molar-refractivity contribution in [1.82, 2.24) is 5.31 Å². The zero-order valence-electron chi connectivity index (χ0n) is 18.4. The normalized spacial score (nSPS) is 39.0. The maximum Gasteiger partial charge on any atom is 0.157 e. The first-order valence-electron chi connectivity index (χ1n) is 9.74. The number of ketones is 1. The van der Waals surface area contributed by atoms with Gasteiger partial charge in [-0.1, -0.05) is 36.1 Å². The van der Waals surface area contributed by atoms with Crippen molar-refractivity contribution in [2.75, 3.05) is 6.98 Å². The first-order valence-corrected chi connectivity index (χ1v) is 5.18. The fraction of sp³-hybridized carbons (Fsp3) is 0.462. The minimum absolute atomic E-state index is 0.0310. The fourth-order valence-electron chi connectivity index (χ4n) is 1.79. The van der Waals surface area contributed by atoms with E-state index < -0.39 is 59.4 Å². The molecule has 0 spiro atoms. The van der Waals surface area contributed by atoms with Gasteiger partial charge in [-0.3, -0.25) is 4.79 Å². The number of hydrogen-bond donors (Lipinski definition) is 1. The molecule has 2 nitrogen and oxygen atoms in total. The number of likely N-dealkylation sites (N-methyl/N-ethyl adjacent to an activating group) is 1. The van der Waals surface area contributed by atoms with Crippen molar-refractivity contribution in [3.63, 3.8) is 0 Å². The third-order valence-corrected chi connectivity index (χ3v) is 2.91. The molecule has 2 rings (SSSR count). The van der Waals surface area contributed by atoms with Crippen molar-refractivity contribution in [2.45, 2.75) is 31.2 Å². The van der Waals surface area contributed by atoms with E-state index in [1.54, 1.807) is 0 Å². The van der Waals surface area contributed by atoms with Crippen molar-refractivity contribution in [3.8, 4) is 0 Å². The second kappa shape index (κ2) is 4.56. The van der Waals surface area contributed by atoms with Gasteiger partial charge in [-0.05, 0) is 31.4 Å². The Morgan fingerprint density at radius 3 is 3.25 bits per heavy atom. The number of halogens is 1. The van der Waals surface area contributed by atoms with E-state index in [0.717, 1.165) is 0 Å². The van der Waals surface area contributed by atoms with Crippen molar-refractivity contribution in [2.24, 2.45) is 0 Å². The Balaban J connectivity index is 2.95. The van der Waals surface area contributed by atoms with Crippen LogP contribution in [0.25, 0.3) is 0 Å². The zero-order valence-corrected chi connectivity index (χ0v) is 9.11. The van der Waals surface area contributed by atoms with Crippen molar-refractivity contribution in [3.05, 3.63) is 34.8 Å². The van der Waals surface area contributed by atoms with Gasteiger partial charge in [-0.2, -0.15) is 0 Å². The standard InChI is InChI=1S/C13H16ClNO/c1-15-13(9-5-4-8-12(13)16)10-6-2-3-7-11(10)14/h2-3,6-7,15H,4-5,8-9H2,1H3/i1D3,2D,3D,6D,7D,8D2/hD. The van der Waals surface area contributed by atoms with Crippen LogP contribution < -0.4 is 5.31 Å². The van der Waals surface area contributed by atoms with Crippen LogP contribution in [0.15, 0.2) is 24.2 Å². The van der Waals surface area contributed by atoms with Crippen LogP contribution in [0, 0.1) is 0 Å². The van der Waals surface area contributed by atoms with Crippen molar-refractivity contribution >= 4 is 17.4 Å². The van der Waals surface area contributed by atoms with Crippen LogP contribution in [0.5, 0.6) is 0 Å². The second-order valence-electron chi connectivity index (χ2n) is 3.52. The van der Waals surface area contributed by atoms with Crippen LogP contribution in [0.3, 0.4) is 0 Å². The Labute approximate surface area is 115 Å². The molecule has 16 heavy (non-hydrogen) atoms. The minimum Gasteiger partial charge on any atom is -0.304 e. The molecule has 1 atom stereocenters. The monoisotopic (exact) mass is 247 g/mol. The molecular weight excluding hydrogens is 222 g/mol. The Morgan fingerprint density at radius 1 is 1.62 bits per heavy atom. The van der Waals surface area contributed by atoms with Gasteiger partial charge in [0.05, 0.1) is 5.48 Å². The SMILES string of the molecule is [2H]c1c([2H])c([2H])c(C2(N([2H])C([2H])([2H])[2H])CCCC([2H])([2H])C2=O)c(Cl)c1[2H]. The van der Waals surface area contributed by atoms with Gasteiger partial charge in [-0.25, -0.2) is 0 Å². The smallest absolute Gasteiger partial charge is 0.157 e. The summed E-state index contributed by atoms with van der Waals surface area (Å²) < 4.78 is 77.9. The Bertz CT molecular complexity index is 735. The highest BCUT2D eigenvalue weighted by atomic mass is 35.5. The van der Waals surface area contributed by atoms with Crippen LogP contribution >= 0.6 is 11.6 Å². The maximum atomic E-state index is 13.0. The molecule has 0 aromatic heterocycles. The first kappa shape index (κ1) is 4.43. The molecule has 1 N–H and O–H groups in total. The lowest BCUT2D eigenvalue weighted by Gasteiger charge is -2.36. The average Bonchev–Trinajstić information content (AvgIpc) is 2.53. The highest BCUT2D eigenvalue weighted by Crippen LogP contribution is 2.37. The van der Waals surface area contributed by atoms with Crippen LogP contribution in [0.1, 0.15) is 43.5 Å². The van der Waals surface area contributed by atoms with Gasteiger partial charge in [0.1, 0.15) is 6.95 Å². The van der Waals surface area contributed by atoms with Crippen LogP contribution in [0.4, 0.5) is 0 Å². The van der Waals surface area contributed by atoms with E-state index in [-0.39, 0.29) is 24.6 Å². The van der Waals surface area contributed by atoms with E-state index in [2.05, 4.69) is 0 Å². The van der Waals surface area contributed by atoms with Crippen LogP contribution in [0.2, 0.25) is 6.43 Å². The Morgan fingerprint density at radius 2 is 2.44 bits per heavy atom. The molecule has 1 saturated carbocycles. The van der Waals surface area contributed by atoms with Gasteiger partial charge in [0.15, 0.2) is 5.78 Å². The van der Waals surface area contributed by atoms with Crippen LogP contribution in [-0.4, -0.2) is 12.8 Å². The number of benzene rings is 1. The quantitative estimate of drug-likeness (QED) is 0.871. The lowest BCUT2D eigenvalue weighted by Crippen LogP contribution is -2.49. The van der Waals surface area contributed by atoms with Gasteiger partial charge in [0.25, 0.3) is 0 Å². The summed E-state index contributed by atoms with van der Waals surface area (Å²) in [6.07, 6.45) is -2.94. The molecule has 0 radical (unpaired) electrons. The number of rotatable bonds is 2. The Kier molecular flexibility index (Phi) is 1.26. The van der Waals surface area contributed by atoms with Gasteiger partial charge in [0.2, 0.25) is 0 Å². The fourth-order valence-corrected chi connectivity index (χ4v) is 2.04. The largest absolute Gasteiger partial charge is 0.304 e. The van der Waals surface area contributed by atoms with Gasteiger partial charge < -0.3 is 5.31 Å². The van der Waals surface area contributed by atoms with Gasteiger partial charge in [-0.15, -0.1) is 0 Å². The maximum absolute atomic E-state index is 13.0. The molecule has 1 unspecified atom stereocenters. The number of Topliss-reactive ketones (excluding diaryl/α,β-unsaturated/α-hetero) is 1. The predicted molar refractivity (Wildman–Crippen MR) is 65.7 cm³/mol. The number of carbonyl (C=O) groups is 1. The van der Waals surface area contributed by atoms with E-state index >= 15 is 0 Å². The van der Waals surface area contributed by atoms with Gasteiger partial charge in [0, 0.05) is 18.2 Å². The van der Waals surface area contributed by atoms with E-state index in [9.17, 15) is 4.79 Å². The van der Waals surface area contributed by atoms with Crippen LogP contribution in [-0.2, 0) is 10.3 Å². The van der Waals surface area contributed by atoms with Crippen molar-refractivity contribution < 1.29 is 18.5 Å². The molecule has 0 aliphatic heterocycles. The minimum atomic E-state index is -3.15. The topological polar surface area (TPSA) is 29.1 Å². The molecule has 1 fully saturated rings. The molecule has 1 aromatic carbocycles.